The van der Waals surface area contributed by atoms with E-state index in [1.54, 1.807) is 18.2 Å². The monoisotopic (exact) mass is 241 g/mol. The molecule has 0 fully saturated rings. The van der Waals surface area contributed by atoms with Crippen molar-refractivity contribution < 1.29 is 13.9 Å². The summed E-state index contributed by atoms with van der Waals surface area (Å²) in [5.74, 6) is -0.0899. The van der Waals surface area contributed by atoms with Gasteiger partial charge in [-0.05, 0) is 31.9 Å². The minimum absolute atomic E-state index is 0.0920. The summed E-state index contributed by atoms with van der Waals surface area (Å²) in [6.07, 6.45) is 0.343. The average molecular weight is 241 g/mol. The van der Waals surface area contributed by atoms with Crippen LogP contribution in [0.25, 0.3) is 0 Å². The minimum atomic E-state index is -0.339. The molecule has 0 aromatic heterocycles. The lowest BCUT2D eigenvalue weighted by Gasteiger charge is -2.20. The van der Waals surface area contributed by atoms with Crippen LogP contribution in [0.4, 0.5) is 4.39 Å². The van der Waals surface area contributed by atoms with Gasteiger partial charge in [-0.15, -0.1) is 0 Å². The highest BCUT2D eigenvalue weighted by molar-refractivity contribution is 5.31. The summed E-state index contributed by atoms with van der Waals surface area (Å²) < 4.78 is 24.2. The summed E-state index contributed by atoms with van der Waals surface area (Å²) in [6.45, 7) is 4.41. The fourth-order valence-electron chi connectivity index (χ4n) is 1.68. The zero-order chi connectivity index (χ0) is 12.8. The molecule has 0 aliphatic carbocycles. The van der Waals surface area contributed by atoms with Gasteiger partial charge in [-0.1, -0.05) is 12.1 Å². The number of rotatable bonds is 6. The van der Waals surface area contributed by atoms with Crippen LogP contribution in [0.5, 0.6) is 5.75 Å². The standard InChI is InChI=1S/C13H20FNO2/c1-4-17-9(2)11(15)8-10-6-5-7-12(16-3)13(10)14/h5-7,9,11H,4,8,15H2,1-3H3. The summed E-state index contributed by atoms with van der Waals surface area (Å²) in [5, 5.41) is 0. The smallest absolute Gasteiger partial charge is 0.168 e. The van der Waals surface area contributed by atoms with Crippen LogP contribution in [0.15, 0.2) is 18.2 Å². The van der Waals surface area contributed by atoms with E-state index in [1.165, 1.54) is 7.11 Å². The second kappa shape index (κ2) is 6.57. The number of halogens is 1. The fourth-order valence-corrected chi connectivity index (χ4v) is 1.68. The van der Waals surface area contributed by atoms with Gasteiger partial charge < -0.3 is 15.2 Å². The van der Waals surface area contributed by atoms with Crippen molar-refractivity contribution in [3.8, 4) is 5.75 Å². The van der Waals surface area contributed by atoms with E-state index < -0.39 is 0 Å². The maximum Gasteiger partial charge on any atom is 0.168 e. The molecule has 96 valence electrons. The normalized spacial score (nSPS) is 14.4. The van der Waals surface area contributed by atoms with E-state index in [2.05, 4.69) is 0 Å². The second-order valence-corrected chi connectivity index (χ2v) is 3.96. The first-order valence-electron chi connectivity index (χ1n) is 5.78. The van der Waals surface area contributed by atoms with Crippen molar-refractivity contribution in [2.75, 3.05) is 13.7 Å². The van der Waals surface area contributed by atoms with Gasteiger partial charge in [0.05, 0.1) is 13.2 Å². The van der Waals surface area contributed by atoms with Crippen molar-refractivity contribution in [3.63, 3.8) is 0 Å². The molecule has 0 aliphatic rings. The predicted molar refractivity (Wildman–Crippen MR) is 65.7 cm³/mol. The first kappa shape index (κ1) is 13.9. The summed E-state index contributed by atoms with van der Waals surface area (Å²) >= 11 is 0. The zero-order valence-electron chi connectivity index (χ0n) is 10.6. The average Bonchev–Trinajstić information content (AvgIpc) is 2.32. The molecule has 0 saturated carbocycles. The van der Waals surface area contributed by atoms with Crippen LogP contribution in [0.3, 0.4) is 0 Å². The maximum absolute atomic E-state index is 13.9. The Labute approximate surface area is 102 Å². The molecule has 1 aromatic rings. The molecule has 0 spiro atoms. The highest BCUT2D eigenvalue weighted by Crippen LogP contribution is 2.21. The SMILES string of the molecule is CCOC(C)C(N)Cc1cccc(OC)c1F. The van der Waals surface area contributed by atoms with Crippen molar-refractivity contribution in [1.82, 2.24) is 0 Å². The van der Waals surface area contributed by atoms with Gasteiger partial charge in [0.25, 0.3) is 0 Å². The van der Waals surface area contributed by atoms with E-state index in [0.717, 1.165) is 0 Å². The Kier molecular flexibility index (Phi) is 5.38. The number of hydrogen-bond donors (Lipinski definition) is 1. The number of ether oxygens (including phenoxy) is 2. The van der Waals surface area contributed by atoms with Gasteiger partial charge in [-0.3, -0.25) is 0 Å². The Balaban J connectivity index is 2.74. The Morgan fingerprint density at radius 3 is 2.71 bits per heavy atom. The third-order valence-electron chi connectivity index (χ3n) is 2.75. The molecule has 0 amide bonds. The van der Waals surface area contributed by atoms with Crippen molar-refractivity contribution in [2.45, 2.75) is 32.4 Å². The molecule has 2 unspecified atom stereocenters. The summed E-state index contributed by atoms with van der Waals surface area (Å²) in [7, 11) is 1.45. The molecule has 0 radical (unpaired) electrons. The number of benzene rings is 1. The van der Waals surface area contributed by atoms with E-state index in [1.807, 2.05) is 13.8 Å². The molecule has 3 nitrogen and oxygen atoms in total. The van der Waals surface area contributed by atoms with Gasteiger partial charge in [0.15, 0.2) is 11.6 Å². The van der Waals surface area contributed by atoms with Gasteiger partial charge in [-0.25, -0.2) is 4.39 Å². The Morgan fingerprint density at radius 1 is 1.41 bits per heavy atom. The van der Waals surface area contributed by atoms with Crippen LogP contribution in [0.1, 0.15) is 19.4 Å². The summed E-state index contributed by atoms with van der Waals surface area (Å²) in [4.78, 5) is 0. The Morgan fingerprint density at radius 2 is 2.12 bits per heavy atom. The summed E-state index contributed by atoms with van der Waals surface area (Å²) in [5.41, 5.74) is 6.52. The topological polar surface area (TPSA) is 44.5 Å². The predicted octanol–water partition coefficient (Wildman–Crippen LogP) is 2.13. The molecule has 0 saturated heterocycles. The molecule has 17 heavy (non-hydrogen) atoms. The Hall–Kier alpha value is -1.13. The largest absolute Gasteiger partial charge is 0.494 e. The van der Waals surface area contributed by atoms with E-state index >= 15 is 0 Å². The van der Waals surface area contributed by atoms with Crippen molar-refractivity contribution >= 4 is 0 Å². The van der Waals surface area contributed by atoms with Crippen molar-refractivity contribution in [2.24, 2.45) is 5.73 Å². The van der Waals surface area contributed by atoms with Crippen LogP contribution in [-0.4, -0.2) is 25.9 Å². The molecule has 0 aliphatic heterocycles. The van der Waals surface area contributed by atoms with Gasteiger partial charge in [0, 0.05) is 12.6 Å². The highest BCUT2D eigenvalue weighted by Gasteiger charge is 2.17. The first-order valence-corrected chi connectivity index (χ1v) is 5.78. The Bertz CT molecular complexity index is 357. The quantitative estimate of drug-likeness (QED) is 0.829. The van der Waals surface area contributed by atoms with E-state index in [4.69, 9.17) is 15.2 Å². The van der Waals surface area contributed by atoms with Crippen LogP contribution in [0, 0.1) is 5.82 Å². The molecule has 0 heterocycles. The van der Waals surface area contributed by atoms with Crippen LogP contribution in [-0.2, 0) is 11.2 Å². The van der Waals surface area contributed by atoms with Gasteiger partial charge in [0.2, 0.25) is 0 Å². The molecule has 0 bridgehead atoms. The zero-order valence-corrected chi connectivity index (χ0v) is 10.6. The van der Waals surface area contributed by atoms with Crippen LogP contribution in [0.2, 0.25) is 0 Å². The third-order valence-corrected chi connectivity index (χ3v) is 2.75. The fraction of sp³-hybridized carbons (Fsp3) is 0.538. The molecule has 4 heteroatoms. The van der Waals surface area contributed by atoms with Crippen LogP contribution < -0.4 is 10.5 Å². The molecular weight excluding hydrogens is 221 g/mol. The highest BCUT2D eigenvalue weighted by atomic mass is 19.1. The molecule has 1 rings (SSSR count). The van der Waals surface area contributed by atoms with Gasteiger partial charge in [0.1, 0.15) is 0 Å². The molecular formula is C13H20FNO2. The molecule has 2 N–H and O–H groups in total. The number of methoxy groups -OCH3 is 1. The van der Waals surface area contributed by atoms with E-state index in [9.17, 15) is 4.39 Å². The van der Waals surface area contributed by atoms with E-state index in [0.29, 0.717) is 18.6 Å². The van der Waals surface area contributed by atoms with Gasteiger partial charge >= 0.3 is 0 Å². The van der Waals surface area contributed by atoms with Crippen LogP contribution >= 0.6 is 0 Å². The minimum Gasteiger partial charge on any atom is -0.494 e. The maximum atomic E-state index is 13.9. The van der Waals surface area contributed by atoms with Crippen molar-refractivity contribution in [3.05, 3.63) is 29.6 Å². The second-order valence-electron chi connectivity index (χ2n) is 3.96. The lowest BCUT2D eigenvalue weighted by Crippen LogP contribution is -2.36. The number of nitrogens with two attached hydrogens (primary N) is 1. The lowest BCUT2D eigenvalue weighted by atomic mass is 10.0. The third kappa shape index (κ3) is 3.68. The lowest BCUT2D eigenvalue weighted by molar-refractivity contribution is 0.0575. The van der Waals surface area contributed by atoms with E-state index in [-0.39, 0.29) is 23.7 Å². The number of hydrogen-bond acceptors (Lipinski definition) is 3. The molecule has 2 atom stereocenters. The van der Waals surface area contributed by atoms with Gasteiger partial charge in [-0.2, -0.15) is 0 Å². The first-order chi connectivity index (χ1) is 8.10. The van der Waals surface area contributed by atoms with Crippen molar-refractivity contribution in [1.29, 1.82) is 0 Å². The summed E-state index contributed by atoms with van der Waals surface area (Å²) in [6, 6.07) is 4.85. The molecule has 1 aromatic carbocycles.